The molecular weight excluding hydrogens is 292 g/mol. The minimum absolute atomic E-state index is 0.150. The first-order valence-corrected chi connectivity index (χ1v) is 8.11. The summed E-state index contributed by atoms with van der Waals surface area (Å²) in [5, 5.41) is 20.0. The van der Waals surface area contributed by atoms with Crippen LogP contribution in [-0.4, -0.2) is 36.0 Å². The van der Waals surface area contributed by atoms with Gasteiger partial charge in [-0.15, -0.1) is 0 Å². The average Bonchev–Trinajstić information content (AvgIpc) is 2.80. The number of hydrogen-bond donors (Lipinski definition) is 2. The number of phenols is 1. The molecule has 1 aliphatic rings. The van der Waals surface area contributed by atoms with Gasteiger partial charge in [0.05, 0.1) is 9.82 Å². The first-order valence-electron chi connectivity index (χ1n) is 5.47. The molecule has 1 saturated heterocycles. The average molecular weight is 304 g/mol. The fraction of sp³-hybridized carbons (Fsp3) is 0.400. The van der Waals surface area contributed by atoms with Gasteiger partial charge in [-0.1, -0.05) is 0 Å². The second kappa shape index (κ2) is 5.35. The van der Waals surface area contributed by atoms with E-state index in [1.807, 2.05) is 0 Å². The van der Waals surface area contributed by atoms with Crippen LogP contribution < -0.4 is 4.72 Å². The highest BCUT2D eigenvalue weighted by Crippen LogP contribution is 2.28. The summed E-state index contributed by atoms with van der Waals surface area (Å²) in [5.74, 6) is 1.03. The summed E-state index contributed by atoms with van der Waals surface area (Å²) in [7, 11) is -3.80. The summed E-state index contributed by atoms with van der Waals surface area (Å²) >= 11 is 1.65. The van der Waals surface area contributed by atoms with Crippen LogP contribution >= 0.6 is 11.8 Å². The van der Waals surface area contributed by atoms with Gasteiger partial charge in [0.2, 0.25) is 10.0 Å². The minimum atomic E-state index is -3.80. The summed E-state index contributed by atoms with van der Waals surface area (Å²) in [6, 6.07) is 2.87. The van der Waals surface area contributed by atoms with Crippen molar-refractivity contribution < 1.29 is 18.4 Å². The molecular formula is C10H12N2O5S2. The van der Waals surface area contributed by atoms with Crippen LogP contribution in [0.5, 0.6) is 5.75 Å². The maximum absolute atomic E-state index is 12.0. The van der Waals surface area contributed by atoms with Gasteiger partial charge in [0.1, 0.15) is 0 Å². The van der Waals surface area contributed by atoms with Gasteiger partial charge < -0.3 is 5.11 Å². The fourth-order valence-corrected chi connectivity index (χ4v) is 4.28. The Kier molecular flexibility index (Phi) is 3.97. The van der Waals surface area contributed by atoms with Crippen molar-refractivity contribution in [3.05, 3.63) is 28.3 Å². The third-order valence-electron chi connectivity index (χ3n) is 2.71. The lowest BCUT2D eigenvalue weighted by atomic mass is 10.3. The SMILES string of the molecule is O=[N+]([O-])c1cc(S(=O)(=O)NC2CCSC2)ccc1O. The molecule has 1 aromatic rings. The number of benzene rings is 1. The van der Waals surface area contributed by atoms with E-state index >= 15 is 0 Å². The van der Waals surface area contributed by atoms with Gasteiger partial charge in [-0.05, 0) is 24.3 Å². The lowest BCUT2D eigenvalue weighted by molar-refractivity contribution is -0.386. The van der Waals surface area contributed by atoms with E-state index < -0.39 is 26.4 Å². The Morgan fingerprint density at radius 1 is 1.47 bits per heavy atom. The molecule has 1 heterocycles. The van der Waals surface area contributed by atoms with Crippen molar-refractivity contribution in [2.45, 2.75) is 17.4 Å². The Balaban J connectivity index is 2.29. The van der Waals surface area contributed by atoms with Crippen molar-refractivity contribution in [2.75, 3.05) is 11.5 Å². The summed E-state index contributed by atoms with van der Waals surface area (Å²) < 4.78 is 26.6. The summed E-state index contributed by atoms with van der Waals surface area (Å²) in [6.45, 7) is 0. The number of sulfonamides is 1. The van der Waals surface area contributed by atoms with E-state index in [0.29, 0.717) is 5.75 Å². The molecule has 0 bridgehead atoms. The topological polar surface area (TPSA) is 110 Å². The molecule has 2 N–H and O–H groups in total. The standard InChI is InChI=1S/C10H12N2O5S2/c13-10-2-1-8(5-9(10)12(14)15)19(16,17)11-7-3-4-18-6-7/h1-2,5,7,11,13H,3-4,6H2. The molecule has 0 saturated carbocycles. The molecule has 1 aliphatic heterocycles. The molecule has 9 heteroatoms. The van der Waals surface area contributed by atoms with Gasteiger partial charge >= 0.3 is 5.69 Å². The molecule has 0 aromatic heterocycles. The van der Waals surface area contributed by atoms with Crippen LogP contribution in [0.2, 0.25) is 0 Å². The molecule has 2 rings (SSSR count). The Morgan fingerprint density at radius 2 is 2.21 bits per heavy atom. The Hall–Kier alpha value is -1.32. The van der Waals surface area contributed by atoms with Crippen molar-refractivity contribution in [3.63, 3.8) is 0 Å². The molecule has 1 fully saturated rings. The van der Waals surface area contributed by atoms with Gasteiger partial charge in [0, 0.05) is 17.9 Å². The third-order valence-corrected chi connectivity index (χ3v) is 5.39. The zero-order valence-electron chi connectivity index (χ0n) is 9.77. The second-order valence-corrected chi connectivity index (χ2v) is 6.95. The van der Waals surface area contributed by atoms with E-state index in [9.17, 15) is 23.6 Å². The van der Waals surface area contributed by atoms with Crippen LogP contribution in [0.15, 0.2) is 23.1 Å². The quantitative estimate of drug-likeness (QED) is 0.636. The van der Waals surface area contributed by atoms with Crippen molar-refractivity contribution in [3.8, 4) is 5.75 Å². The summed E-state index contributed by atoms with van der Waals surface area (Å²) in [5.41, 5.74) is -0.622. The maximum Gasteiger partial charge on any atom is 0.312 e. The van der Waals surface area contributed by atoms with Crippen molar-refractivity contribution in [1.82, 2.24) is 4.72 Å². The van der Waals surface area contributed by atoms with E-state index in [4.69, 9.17) is 0 Å². The third kappa shape index (κ3) is 3.17. The number of hydrogen-bond acceptors (Lipinski definition) is 6. The molecule has 0 aliphatic carbocycles. The number of phenolic OH excluding ortho intramolecular Hbond substituents is 1. The highest BCUT2D eigenvalue weighted by atomic mass is 32.2. The molecule has 1 unspecified atom stereocenters. The van der Waals surface area contributed by atoms with E-state index in [2.05, 4.69) is 4.72 Å². The number of thioether (sulfide) groups is 1. The first kappa shape index (κ1) is 14.1. The van der Waals surface area contributed by atoms with Gasteiger partial charge in [0.25, 0.3) is 0 Å². The molecule has 0 radical (unpaired) electrons. The molecule has 104 valence electrons. The molecule has 0 spiro atoms. The predicted octanol–water partition coefficient (Wildman–Crippen LogP) is 1.08. The highest BCUT2D eigenvalue weighted by molar-refractivity contribution is 7.99. The summed E-state index contributed by atoms with van der Waals surface area (Å²) in [6.07, 6.45) is 0.740. The minimum Gasteiger partial charge on any atom is -0.502 e. The van der Waals surface area contributed by atoms with Crippen LogP contribution in [0.1, 0.15) is 6.42 Å². The Labute approximate surface area is 114 Å². The summed E-state index contributed by atoms with van der Waals surface area (Å²) in [4.78, 5) is 9.64. The molecule has 1 aromatic carbocycles. The van der Waals surface area contributed by atoms with E-state index in [-0.39, 0.29) is 10.9 Å². The number of aromatic hydroxyl groups is 1. The van der Waals surface area contributed by atoms with Crippen LogP contribution in [0.3, 0.4) is 0 Å². The number of nitrogens with one attached hydrogen (secondary N) is 1. The second-order valence-electron chi connectivity index (χ2n) is 4.09. The molecule has 1 atom stereocenters. The Bertz CT molecular complexity index is 596. The van der Waals surface area contributed by atoms with E-state index in [0.717, 1.165) is 30.4 Å². The largest absolute Gasteiger partial charge is 0.502 e. The normalized spacial score (nSPS) is 19.5. The number of nitrogens with zero attached hydrogens (tertiary/aromatic N) is 1. The van der Waals surface area contributed by atoms with E-state index in [1.54, 1.807) is 11.8 Å². The predicted molar refractivity (Wildman–Crippen MR) is 70.8 cm³/mol. The highest BCUT2D eigenvalue weighted by Gasteiger charge is 2.25. The Morgan fingerprint density at radius 3 is 2.79 bits per heavy atom. The maximum atomic E-state index is 12.0. The number of nitro groups is 1. The monoisotopic (exact) mass is 304 g/mol. The lowest BCUT2D eigenvalue weighted by Gasteiger charge is -2.11. The first-order chi connectivity index (χ1) is 8.90. The van der Waals surface area contributed by atoms with Gasteiger partial charge in [-0.25, -0.2) is 13.1 Å². The molecule has 7 nitrogen and oxygen atoms in total. The zero-order chi connectivity index (χ0) is 14.0. The lowest BCUT2D eigenvalue weighted by Crippen LogP contribution is -2.34. The van der Waals surface area contributed by atoms with Crippen LogP contribution in [0.4, 0.5) is 5.69 Å². The van der Waals surface area contributed by atoms with Crippen LogP contribution in [0.25, 0.3) is 0 Å². The van der Waals surface area contributed by atoms with Gasteiger partial charge in [0.15, 0.2) is 5.75 Å². The molecule has 0 amide bonds. The van der Waals surface area contributed by atoms with Crippen LogP contribution in [0, 0.1) is 10.1 Å². The smallest absolute Gasteiger partial charge is 0.312 e. The number of rotatable bonds is 4. The van der Waals surface area contributed by atoms with Crippen LogP contribution in [-0.2, 0) is 10.0 Å². The fourth-order valence-electron chi connectivity index (χ4n) is 1.73. The van der Waals surface area contributed by atoms with Gasteiger partial charge in [-0.3, -0.25) is 10.1 Å². The zero-order valence-corrected chi connectivity index (χ0v) is 11.4. The van der Waals surface area contributed by atoms with Crippen molar-refractivity contribution in [2.24, 2.45) is 0 Å². The van der Waals surface area contributed by atoms with E-state index in [1.165, 1.54) is 0 Å². The number of nitro benzene ring substituents is 1. The molecule has 19 heavy (non-hydrogen) atoms. The van der Waals surface area contributed by atoms with Gasteiger partial charge in [-0.2, -0.15) is 11.8 Å². The van der Waals surface area contributed by atoms with Crippen molar-refractivity contribution in [1.29, 1.82) is 0 Å². The van der Waals surface area contributed by atoms with Crippen molar-refractivity contribution >= 4 is 27.5 Å².